The van der Waals surface area contributed by atoms with Crippen molar-refractivity contribution in [1.82, 2.24) is 4.90 Å². The topological polar surface area (TPSA) is 48.0 Å². The van der Waals surface area contributed by atoms with E-state index in [1.165, 1.54) is 0 Å². The molecule has 1 rings (SSSR count). The third-order valence-electron chi connectivity index (χ3n) is 2.88. The molecule has 0 bridgehead atoms. The van der Waals surface area contributed by atoms with Gasteiger partial charge >= 0.3 is 5.97 Å². The van der Waals surface area contributed by atoms with E-state index in [4.69, 9.17) is 14.2 Å². The third-order valence-corrected chi connectivity index (χ3v) is 2.88. The Morgan fingerprint density at radius 3 is 2.74 bits per heavy atom. The first-order valence-corrected chi connectivity index (χ1v) is 6.53. The molecule has 0 saturated heterocycles. The molecule has 0 aliphatic carbocycles. The van der Waals surface area contributed by atoms with Crippen molar-refractivity contribution in [1.29, 1.82) is 0 Å². The zero-order valence-electron chi connectivity index (χ0n) is 12.6. The summed E-state index contributed by atoms with van der Waals surface area (Å²) in [7, 11) is 3.61. The van der Waals surface area contributed by atoms with E-state index in [0.29, 0.717) is 13.0 Å². The number of ether oxygens (including phenoxy) is 3. The van der Waals surface area contributed by atoms with Gasteiger partial charge in [-0.05, 0) is 34.2 Å². The van der Waals surface area contributed by atoms with Crippen LogP contribution in [0, 0.1) is 0 Å². The number of likely N-dealkylation sites (N-methyl/N-ethyl adjacent to an activating group) is 1. The molecule has 0 spiro atoms. The minimum absolute atomic E-state index is 0.183. The van der Waals surface area contributed by atoms with Gasteiger partial charge < -0.3 is 14.2 Å². The van der Waals surface area contributed by atoms with Crippen LogP contribution in [0.5, 0.6) is 0 Å². The molecule has 0 unspecified atom stereocenters. The first kappa shape index (κ1) is 16.1. The average Bonchev–Trinajstić information content (AvgIpc) is 2.29. The van der Waals surface area contributed by atoms with E-state index in [9.17, 15) is 4.79 Å². The second-order valence-electron chi connectivity index (χ2n) is 5.81. The van der Waals surface area contributed by atoms with Crippen molar-refractivity contribution in [2.45, 2.75) is 38.8 Å². The Morgan fingerprint density at radius 1 is 1.47 bits per heavy atom. The molecule has 0 saturated carbocycles. The van der Waals surface area contributed by atoms with Gasteiger partial charge in [0.25, 0.3) is 0 Å². The Hall–Kier alpha value is -0.910. The average molecular weight is 271 g/mol. The summed E-state index contributed by atoms with van der Waals surface area (Å²) in [4.78, 5) is 14.2. The first-order valence-electron chi connectivity index (χ1n) is 6.53. The van der Waals surface area contributed by atoms with Gasteiger partial charge in [-0.15, -0.1) is 0 Å². The molecule has 0 aromatic carbocycles. The summed E-state index contributed by atoms with van der Waals surface area (Å²) in [6.45, 7) is 7.18. The molecule has 0 radical (unpaired) electrons. The van der Waals surface area contributed by atoms with Crippen molar-refractivity contribution in [3.8, 4) is 0 Å². The molecule has 0 N–H and O–H groups in total. The number of carbonyl (C=O) groups excluding carboxylic acids is 1. The second-order valence-corrected chi connectivity index (χ2v) is 5.81. The van der Waals surface area contributed by atoms with Crippen LogP contribution in [0.15, 0.2) is 11.6 Å². The Morgan fingerprint density at radius 2 is 2.16 bits per heavy atom. The molecule has 0 aromatic rings. The molecule has 110 valence electrons. The predicted molar refractivity (Wildman–Crippen MR) is 72.8 cm³/mol. The van der Waals surface area contributed by atoms with Crippen LogP contribution < -0.4 is 0 Å². The highest BCUT2D eigenvalue weighted by atomic mass is 16.7. The van der Waals surface area contributed by atoms with Gasteiger partial charge in [0.05, 0.1) is 6.61 Å². The van der Waals surface area contributed by atoms with Gasteiger partial charge in [-0.1, -0.05) is 6.08 Å². The molecular weight excluding hydrogens is 246 g/mol. The van der Waals surface area contributed by atoms with Crippen molar-refractivity contribution in [3.05, 3.63) is 11.6 Å². The molecule has 1 aliphatic heterocycles. The van der Waals surface area contributed by atoms with Gasteiger partial charge in [0.2, 0.25) is 0 Å². The summed E-state index contributed by atoms with van der Waals surface area (Å²) < 4.78 is 15.6. The van der Waals surface area contributed by atoms with Gasteiger partial charge in [0.1, 0.15) is 12.4 Å². The minimum atomic E-state index is -0.455. The normalized spacial score (nSPS) is 21.1. The SMILES string of the molecule is COCOC[C@H]1CC(C(=O)OC(C)(C)C)=CCN1C. The zero-order chi connectivity index (χ0) is 14.5. The van der Waals surface area contributed by atoms with E-state index in [-0.39, 0.29) is 18.8 Å². The summed E-state index contributed by atoms with van der Waals surface area (Å²) >= 11 is 0. The van der Waals surface area contributed by atoms with Crippen molar-refractivity contribution in [2.75, 3.05) is 34.1 Å². The van der Waals surface area contributed by atoms with Crippen molar-refractivity contribution >= 4 is 5.97 Å². The van der Waals surface area contributed by atoms with Gasteiger partial charge in [-0.2, -0.15) is 0 Å². The van der Waals surface area contributed by atoms with Crippen LogP contribution in [0.1, 0.15) is 27.2 Å². The lowest BCUT2D eigenvalue weighted by molar-refractivity contribution is -0.150. The molecular formula is C14H25NO4. The van der Waals surface area contributed by atoms with Crippen LogP contribution in [0.2, 0.25) is 0 Å². The maximum absolute atomic E-state index is 12.0. The van der Waals surface area contributed by atoms with E-state index >= 15 is 0 Å². The van der Waals surface area contributed by atoms with Crippen LogP contribution in [0.3, 0.4) is 0 Å². The lowest BCUT2D eigenvalue weighted by Crippen LogP contribution is -2.40. The summed E-state index contributed by atoms with van der Waals surface area (Å²) in [5.41, 5.74) is 0.280. The van der Waals surface area contributed by atoms with E-state index < -0.39 is 5.60 Å². The quantitative estimate of drug-likeness (QED) is 0.431. The number of hydrogen-bond donors (Lipinski definition) is 0. The molecule has 1 atom stereocenters. The molecule has 0 fully saturated rings. The molecule has 1 heterocycles. The van der Waals surface area contributed by atoms with Gasteiger partial charge in [0, 0.05) is 25.3 Å². The maximum atomic E-state index is 12.0. The van der Waals surface area contributed by atoms with Crippen LogP contribution in [0.4, 0.5) is 0 Å². The van der Waals surface area contributed by atoms with E-state index in [1.54, 1.807) is 7.11 Å². The lowest BCUT2D eigenvalue weighted by atomic mass is 10.0. The van der Waals surface area contributed by atoms with Gasteiger partial charge in [-0.3, -0.25) is 4.90 Å². The molecule has 19 heavy (non-hydrogen) atoms. The fourth-order valence-corrected chi connectivity index (χ4v) is 1.86. The highest BCUT2D eigenvalue weighted by Crippen LogP contribution is 2.20. The molecule has 5 nitrogen and oxygen atoms in total. The first-order chi connectivity index (χ1) is 8.83. The van der Waals surface area contributed by atoms with E-state index in [0.717, 1.165) is 12.1 Å². The Bertz CT molecular complexity index is 333. The Kier molecular flexibility index (Phi) is 5.97. The Labute approximate surface area is 115 Å². The zero-order valence-corrected chi connectivity index (χ0v) is 12.6. The second kappa shape index (κ2) is 7.03. The largest absolute Gasteiger partial charge is 0.457 e. The summed E-state index contributed by atoms with van der Waals surface area (Å²) in [5.74, 6) is -0.225. The number of nitrogens with zero attached hydrogens (tertiary/aromatic N) is 1. The maximum Gasteiger partial charge on any atom is 0.334 e. The number of esters is 1. The number of methoxy groups -OCH3 is 1. The molecule has 0 aromatic heterocycles. The van der Waals surface area contributed by atoms with Crippen molar-refractivity contribution in [2.24, 2.45) is 0 Å². The van der Waals surface area contributed by atoms with E-state index in [2.05, 4.69) is 4.90 Å². The molecule has 0 amide bonds. The molecule has 5 heteroatoms. The van der Waals surface area contributed by atoms with Crippen LogP contribution in [0.25, 0.3) is 0 Å². The van der Waals surface area contributed by atoms with Crippen molar-refractivity contribution < 1.29 is 19.0 Å². The summed E-state index contributed by atoms with van der Waals surface area (Å²) in [5, 5.41) is 0. The summed E-state index contributed by atoms with van der Waals surface area (Å²) in [6, 6.07) is 0.183. The summed E-state index contributed by atoms with van der Waals surface area (Å²) in [6.07, 6.45) is 2.58. The van der Waals surface area contributed by atoms with Crippen LogP contribution in [-0.4, -0.2) is 56.6 Å². The number of hydrogen-bond acceptors (Lipinski definition) is 5. The van der Waals surface area contributed by atoms with Gasteiger partial charge in [-0.25, -0.2) is 4.79 Å². The third kappa shape index (κ3) is 5.72. The standard InChI is InChI=1S/C14H25NO4/c1-14(2,3)19-13(16)11-6-7-15(4)12(8-11)9-18-10-17-5/h6,12H,7-10H2,1-5H3/t12-/m1/s1. The fourth-order valence-electron chi connectivity index (χ4n) is 1.86. The van der Waals surface area contributed by atoms with Gasteiger partial charge in [0.15, 0.2) is 0 Å². The monoisotopic (exact) mass is 271 g/mol. The fraction of sp³-hybridized carbons (Fsp3) is 0.786. The van der Waals surface area contributed by atoms with Crippen LogP contribution >= 0.6 is 0 Å². The number of rotatable bonds is 5. The highest BCUT2D eigenvalue weighted by Gasteiger charge is 2.27. The van der Waals surface area contributed by atoms with Crippen molar-refractivity contribution in [3.63, 3.8) is 0 Å². The highest BCUT2D eigenvalue weighted by molar-refractivity contribution is 5.89. The molecule has 1 aliphatic rings. The smallest absolute Gasteiger partial charge is 0.334 e. The van der Waals surface area contributed by atoms with E-state index in [1.807, 2.05) is 33.9 Å². The predicted octanol–water partition coefficient (Wildman–Crippen LogP) is 1.58. The Balaban J connectivity index is 2.54. The number of carbonyl (C=O) groups is 1. The lowest BCUT2D eigenvalue weighted by Gasteiger charge is -2.32. The van der Waals surface area contributed by atoms with Crippen LogP contribution in [-0.2, 0) is 19.0 Å². The minimum Gasteiger partial charge on any atom is -0.457 e.